The predicted octanol–water partition coefficient (Wildman–Crippen LogP) is 7.01. The Bertz CT molecular complexity index is 1030. The fourth-order valence-corrected chi connectivity index (χ4v) is 3.39. The van der Waals surface area contributed by atoms with Crippen molar-refractivity contribution < 1.29 is 14.3 Å². The largest absolute Gasteiger partial charge is 0.494 e. The maximum atomic E-state index is 12.8. The molecule has 0 bridgehead atoms. The van der Waals surface area contributed by atoms with Gasteiger partial charge in [0, 0.05) is 11.1 Å². The molecule has 0 fully saturated rings. The van der Waals surface area contributed by atoms with Crippen LogP contribution >= 0.6 is 34.8 Å². The van der Waals surface area contributed by atoms with Gasteiger partial charge in [0.25, 0.3) is 5.91 Å². The summed E-state index contributed by atoms with van der Waals surface area (Å²) >= 11 is 18.1. The van der Waals surface area contributed by atoms with E-state index in [1.165, 1.54) is 12.1 Å². The van der Waals surface area contributed by atoms with E-state index >= 15 is 0 Å². The normalized spacial score (nSPS) is 10.7. The first-order valence-electron chi connectivity index (χ1n) is 9.31. The van der Waals surface area contributed by atoms with E-state index in [9.17, 15) is 4.79 Å². The quantitative estimate of drug-likeness (QED) is 0.365. The van der Waals surface area contributed by atoms with Crippen LogP contribution in [0.25, 0.3) is 0 Å². The Hall–Kier alpha value is -2.24. The standard InChI is InChI=1S/C23H20Cl3NO3/c1-2-30-22-9-8-16(10-17(22)14-29-13-15-6-4-3-5-7-15)23(28)27-21-12-19(25)18(24)11-20(21)26/h3-12H,2,13-14H2,1H3,(H,27,28). The second-order valence-electron chi connectivity index (χ2n) is 6.43. The molecule has 3 aromatic carbocycles. The van der Waals surface area contributed by atoms with Gasteiger partial charge in [-0.15, -0.1) is 0 Å². The summed E-state index contributed by atoms with van der Waals surface area (Å²) in [7, 11) is 0. The summed E-state index contributed by atoms with van der Waals surface area (Å²) in [5, 5.41) is 3.68. The van der Waals surface area contributed by atoms with Crippen molar-refractivity contribution in [1.29, 1.82) is 0 Å². The van der Waals surface area contributed by atoms with Gasteiger partial charge in [-0.3, -0.25) is 4.79 Å². The molecule has 0 aromatic heterocycles. The maximum Gasteiger partial charge on any atom is 0.255 e. The van der Waals surface area contributed by atoms with Crippen LogP contribution in [0.15, 0.2) is 60.7 Å². The van der Waals surface area contributed by atoms with Crippen molar-refractivity contribution in [2.24, 2.45) is 0 Å². The van der Waals surface area contributed by atoms with Gasteiger partial charge in [-0.2, -0.15) is 0 Å². The van der Waals surface area contributed by atoms with Crippen molar-refractivity contribution in [3.05, 3.63) is 92.4 Å². The number of nitrogens with one attached hydrogen (secondary N) is 1. The van der Waals surface area contributed by atoms with E-state index < -0.39 is 0 Å². The smallest absolute Gasteiger partial charge is 0.255 e. The Kier molecular flexibility index (Phi) is 8.00. The van der Waals surface area contributed by atoms with E-state index in [0.29, 0.717) is 51.9 Å². The number of rotatable bonds is 8. The summed E-state index contributed by atoms with van der Waals surface area (Å²) in [5.74, 6) is 0.345. The monoisotopic (exact) mass is 463 g/mol. The van der Waals surface area contributed by atoms with Crippen molar-refractivity contribution in [2.75, 3.05) is 11.9 Å². The van der Waals surface area contributed by atoms with Crippen molar-refractivity contribution in [3.63, 3.8) is 0 Å². The second-order valence-corrected chi connectivity index (χ2v) is 7.66. The highest BCUT2D eigenvalue weighted by atomic mass is 35.5. The number of carbonyl (C=O) groups is 1. The SMILES string of the molecule is CCOc1ccc(C(=O)Nc2cc(Cl)c(Cl)cc2Cl)cc1COCc1ccccc1. The van der Waals surface area contributed by atoms with Crippen LogP contribution in [0, 0.1) is 0 Å². The number of hydrogen-bond donors (Lipinski definition) is 1. The molecule has 7 heteroatoms. The molecule has 0 saturated carbocycles. The van der Waals surface area contributed by atoms with Gasteiger partial charge in [-0.25, -0.2) is 0 Å². The Morgan fingerprint density at radius 1 is 0.900 bits per heavy atom. The van der Waals surface area contributed by atoms with Gasteiger partial charge in [0.15, 0.2) is 0 Å². The zero-order chi connectivity index (χ0) is 21.5. The van der Waals surface area contributed by atoms with Crippen LogP contribution < -0.4 is 10.1 Å². The molecule has 0 aliphatic rings. The lowest BCUT2D eigenvalue weighted by Crippen LogP contribution is -2.13. The molecule has 0 unspecified atom stereocenters. The summed E-state index contributed by atoms with van der Waals surface area (Å²) in [5.41, 5.74) is 2.67. The third-order valence-corrected chi connectivity index (χ3v) is 5.28. The fraction of sp³-hybridized carbons (Fsp3) is 0.174. The molecule has 30 heavy (non-hydrogen) atoms. The molecule has 3 rings (SSSR count). The second kappa shape index (κ2) is 10.7. The zero-order valence-corrected chi connectivity index (χ0v) is 18.5. The molecule has 0 radical (unpaired) electrons. The molecule has 0 aliphatic heterocycles. The molecule has 0 aliphatic carbocycles. The van der Waals surface area contributed by atoms with E-state index in [-0.39, 0.29) is 5.91 Å². The van der Waals surface area contributed by atoms with Crippen molar-refractivity contribution in [2.45, 2.75) is 20.1 Å². The lowest BCUT2D eigenvalue weighted by atomic mass is 10.1. The molecule has 0 atom stereocenters. The summed E-state index contributed by atoms with van der Waals surface area (Å²) in [6.45, 7) is 3.18. The van der Waals surface area contributed by atoms with Crippen LogP contribution in [0.2, 0.25) is 15.1 Å². The summed E-state index contributed by atoms with van der Waals surface area (Å²) in [4.78, 5) is 12.8. The van der Waals surface area contributed by atoms with Crippen LogP contribution in [0.1, 0.15) is 28.4 Å². The minimum absolute atomic E-state index is 0.301. The van der Waals surface area contributed by atoms with Gasteiger partial charge < -0.3 is 14.8 Å². The van der Waals surface area contributed by atoms with E-state index in [0.717, 1.165) is 11.1 Å². The molecule has 156 valence electrons. The molecule has 3 aromatic rings. The van der Waals surface area contributed by atoms with Crippen molar-refractivity contribution in [1.82, 2.24) is 0 Å². The van der Waals surface area contributed by atoms with E-state index in [1.54, 1.807) is 18.2 Å². The van der Waals surface area contributed by atoms with E-state index in [2.05, 4.69) is 5.32 Å². The Morgan fingerprint density at radius 2 is 1.63 bits per heavy atom. The molecule has 0 heterocycles. The van der Waals surface area contributed by atoms with Gasteiger partial charge in [0.1, 0.15) is 5.75 Å². The van der Waals surface area contributed by atoms with Gasteiger partial charge >= 0.3 is 0 Å². The van der Waals surface area contributed by atoms with Gasteiger partial charge in [-0.1, -0.05) is 65.1 Å². The first-order valence-corrected chi connectivity index (χ1v) is 10.4. The molecule has 1 N–H and O–H groups in total. The average Bonchev–Trinajstić information content (AvgIpc) is 2.74. The lowest BCUT2D eigenvalue weighted by Gasteiger charge is -2.14. The van der Waals surface area contributed by atoms with E-state index in [4.69, 9.17) is 44.3 Å². The molecule has 1 amide bonds. The summed E-state index contributed by atoms with van der Waals surface area (Å²) in [6.07, 6.45) is 0. The lowest BCUT2D eigenvalue weighted by molar-refractivity contribution is 0.101. The Labute approximate surface area is 190 Å². The third kappa shape index (κ3) is 5.89. The molecule has 4 nitrogen and oxygen atoms in total. The number of ether oxygens (including phenoxy) is 2. The van der Waals surface area contributed by atoms with Crippen LogP contribution in [0.3, 0.4) is 0 Å². The van der Waals surface area contributed by atoms with Crippen molar-refractivity contribution in [3.8, 4) is 5.75 Å². The zero-order valence-electron chi connectivity index (χ0n) is 16.3. The molecule has 0 spiro atoms. The number of hydrogen-bond acceptors (Lipinski definition) is 3. The fourth-order valence-electron chi connectivity index (χ4n) is 2.80. The Balaban J connectivity index is 1.75. The number of benzene rings is 3. The topological polar surface area (TPSA) is 47.6 Å². The number of amides is 1. The van der Waals surface area contributed by atoms with Crippen LogP contribution in [-0.2, 0) is 18.0 Å². The third-order valence-electron chi connectivity index (χ3n) is 4.25. The molecular formula is C23H20Cl3NO3. The molecular weight excluding hydrogens is 445 g/mol. The highest BCUT2D eigenvalue weighted by Gasteiger charge is 2.14. The van der Waals surface area contributed by atoms with Crippen LogP contribution in [-0.4, -0.2) is 12.5 Å². The van der Waals surface area contributed by atoms with Crippen LogP contribution in [0.5, 0.6) is 5.75 Å². The maximum absolute atomic E-state index is 12.8. The van der Waals surface area contributed by atoms with Gasteiger partial charge in [0.05, 0.1) is 40.6 Å². The first kappa shape index (κ1) is 22.4. The van der Waals surface area contributed by atoms with E-state index in [1.807, 2.05) is 37.3 Å². The average molecular weight is 465 g/mol. The highest BCUT2D eigenvalue weighted by Crippen LogP contribution is 2.32. The van der Waals surface area contributed by atoms with Crippen molar-refractivity contribution >= 4 is 46.4 Å². The Morgan fingerprint density at radius 3 is 2.37 bits per heavy atom. The number of anilines is 1. The van der Waals surface area contributed by atoms with Gasteiger partial charge in [-0.05, 0) is 42.8 Å². The van der Waals surface area contributed by atoms with Crippen LogP contribution in [0.4, 0.5) is 5.69 Å². The number of halogens is 3. The summed E-state index contributed by atoms with van der Waals surface area (Å²) < 4.78 is 11.5. The number of carbonyl (C=O) groups excluding carboxylic acids is 1. The highest BCUT2D eigenvalue weighted by molar-refractivity contribution is 6.44. The first-order chi connectivity index (χ1) is 14.5. The molecule has 0 saturated heterocycles. The predicted molar refractivity (Wildman–Crippen MR) is 122 cm³/mol. The minimum atomic E-state index is -0.331. The van der Waals surface area contributed by atoms with Gasteiger partial charge in [0.2, 0.25) is 0 Å². The minimum Gasteiger partial charge on any atom is -0.494 e. The summed E-state index contributed by atoms with van der Waals surface area (Å²) in [6, 6.07) is 18.1.